The number of halogens is 1. The predicted molar refractivity (Wildman–Crippen MR) is 120 cm³/mol. The zero-order valence-electron chi connectivity index (χ0n) is 16.0. The molecule has 0 saturated carbocycles. The van der Waals surface area contributed by atoms with Gasteiger partial charge in [0, 0.05) is 50.6 Å². The molecular weight excluding hydrogens is 439 g/mol. The molecule has 3 rings (SSSR count). The third-order valence-electron chi connectivity index (χ3n) is 4.96. The van der Waals surface area contributed by atoms with Gasteiger partial charge in [-0.15, -0.1) is 24.0 Å². The molecule has 5 nitrogen and oxygen atoms in total. The highest BCUT2D eigenvalue weighted by molar-refractivity contribution is 14.0. The van der Waals surface area contributed by atoms with E-state index in [1.165, 1.54) is 12.8 Å². The quantitative estimate of drug-likeness (QED) is 0.398. The lowest BCUT2D eigenvalue weighted by molar-refractivity contribution is 0.167. The van der Waals surface area contributed by atoms with Crippen LogP contribution >= 0.6 is 24.0 Å². The molecule has 0 aliphatic carbocycles. The van der Waals surface area contributed by atoms with Crippen molar-refractivity contribution in [3.05, 3.63) is 36.1 Å². The van der Waals surface area contributed by atoms with Crippen LogP contribution in [-0.4, -0.2) is 49.6 Å². The first-order valence-electron chi connectivity index (χ1n) is 9.34. The van der Waals surface area contributed by atoms with E-state index in [-0.39, 0.29) is 24.0 Å². The van der Waals surface area contributed by atoms with Crippen molar-refractivity contribution in [2.45, 2.75) is 45.2 Å². The van der Waals surface area contributed by atoms with Gasteiger partial charge in [0.1, 0.15) is 11.3 Å². The van der Waals surface area contributed by atoms with Gasteiger partial charge < -0.3 is 20.0 Å². The first-order chi connectivity index (χ1) is 12.2. The molecule has 0 bridgehead atoms. The Labute approximate surface area is 173 Å². The van der Waals surface area contributed by atoms with Crippen LogP contribution < -0.4 is 10.6 Å². The van der Waals surface area contributed by atoms with Crippen molar-refractivity contribution in [1.29, 1.82) is 0 Å². The largest absolute Gasteiger partial charge is 0.461 e. The molecule has 0 atom stereocenters. The summed E-state index contributed by atoms with van der Waals surface area (Å²) in [6, 6.07) is 11.4. The summed E-state index contributed by atoms with van der Waals surface area (Å²) in [6.07, 6.45) is 3.19. The van der Waals surface area contributed by atoms with E-state index in [0.717, 1.165) is 48.7 Å². The number of hydrogen-bond acceptors (Lipinski definition) is 3. The van der Waals surface area contributed by atoms with E-state index >= 15 is 0 Å². The Hall–Kier alpha value is -1.28. The molecule has 2 aromatic rings. The predicted octanol–water partition coefficient (Wildman–Crippen LogP) is 3.63. The maximum atomic E-state index is 5.86. The molecule has 0 spiro atoms. The zero-order valence-corrected chi connectivity index (χ0v) is 18.3. The minimum Gasteiger partial charge on any atom is -0.461 e. The van der Waals surface area contributed by atoms with Crippen LogP contribution in [0.1, 0.15) is 32.4 Å². The van der Waals surface area contributed by atoms with Crippen molar-refractivity contribution in [2.75, 3.05) is 26.7 Å². The summed E-state index contributed by atoms with van der Waals surface area (Å²) in [5, 5.41) is 8.13. The van der Waals surface area contributed by atoms with Crippen LogP contribution in [0.15, 0.2) is 39.7 Å². The van der Waals surface area contributed by atoms with Gasteiger partial charge in [-0.1, -0.05) is 18.2 Å². The third-order valence-corrected chi connectivity index (χ3v) is 4.96. The van der Waals surface area contributed by atoms with Gasteiger partial charge in [0.15, 0.2) is 5.96 Å². The number of aliphatic imine (C=N–C) groups is 1. The number of benzene rings is 1. The topological polar surface area (TPSA) is 52.8 Å². The fraction of sp³-hybridized carbons (Fsp3) is 0.550. The van der Waals surface area contributed by atoms with Crippen LogP contribution in [0.5, 0.6) is 0 Å². The molecule has 1 aromatic carbocycles. The van der Waals surface area contributed by atoms with Crippen LogP contribution in [0.4, 0.5) is 0 Å². The Bertz CT molecular complexity index is 672. The van der Waals surface area contributed by atoms with E-state index in [1.54, 1.807) is 0 Å². The molecular formula is C20H31IN4O. The Kier molecular flexibility index (Phi) is 8.21. The van der Waals surface area contributed by atoms with Crippen molar-refractivity contribution >= 4 is 40.9 Å². The average molecular weight is 470 g/mol. The van der Waals surface area contributed by atoms with Gasteiger partial charge in [0.2, 0.25) is 0 Å². The molecule has 0 radical (unpaired) electrons. The van der Waals surface area contributed by atoms with Gasteiger partial charge in [-0.05, 0) is 38.8 Å². The molecule has 2 heterocycles. The fourth-order valence-electron chi connectivity index (χ4n) is 3.41. The molecule has 1 aliphatic heterocycles. The van der Waals surface area contributed by atoms with Crippen molar-refractivity contribution in [1.82, 2.24) is 15.5 Å². The highest BCUT2D eigenvalue weighted by atomic mass is 127. The zero-order chi connectivity index (χ0) is 17.6. The molecule has 26 heavy (non-hydrogen) atoms. The number of fused-ring (bicyclic) bond motifs is 1. The number of para-hydroxylation sites is 1. The lowest BCUT2D eigenvalue weighted by Gasteiger charge is -2.35. The highest BCUT2D eigenvalue weighted by Crippen LogP contribution is 2.18. The summed E-state index contributed by atoms with van der Waals surface area (Å²) in [7, 11) is 1.83. The summed E-state index contributed by atoms with van der Waals surface area (Å²) in [4.78, 5) is 6.90. The standard InChI is InChI=1S/C20H30N4O.HI/c1-15(2)24-12-9-17(10-13-24)23-20(21-3)22-11-8-18-14-16-6-4-5-7-19(16)25-18;/h4-7,14-15,17H,8-13H2,1-3H3,(H2,21,22,23);1H. The number of rotatable bonds is 5. The first kappa shape index (κ1) is 21.0. The number of nitrogens with one attached hydrogen (secondary N) is 2. The van der Waals surface area contributed by atoms with E-state index in [9.17, 15) is 0 Å². The summed E-state index contributed by atoms with van der Waals surface area (Å²) >= 11 is 0. The van der Waals surface area contributed by atoms with Gasteiger partial charge in [-0.25, -0.2) is 0 Å². The second-order valence-corrected chi connectivity index (χ2v) is 7.05. The smallest absolute Gasteiger partial charge is 0.191 e. The molecule has 0 unspecified atom stereocenters. The van der Waals surface area contributed by atoms with Crippen LogP contribution in [0, 0.1) is 0 Å². The second-order valence-electron chi connectivity index (χ2n) is 7.05. The molecule has 1 aliphatic rings. The molecule has 1 saturated heterocycles. The SMILES string of the molecule is CN=C(NCCc1cc2ccccc2o1)NC1CCN(C(C)C)CC1.I. The first-order valence-corrected chi connectivity index (χ1v) is 9.34. The average Bonchev–Trinajstić information content (AvgIpc) is 3.04. The van der Waals surface area contributed by atoms with E-state index in [0.29, 0.717) is 12.1 Å². The number of piperidine rings is 1. The van der Waals surface area contributed by atoms with Gasteiger partial charge in [-0.3, -0.25) is 4.99 Å². The van der Waals surface area contributed by atoms with Gasteiger partial charge in [0.05, 0.1) is 0 Å². The van der Waals surface area contributed by atoms with E-state index in [2.05, 4.69) is 46.5 Å². The molecule has 2 N–H and O–H groups in total. The maximum Gasteiger partial charge on any atom is 0.191 e. The lowest BCUT2D eigenvalue weighted by Crippen LogP contribution is -2.50. The number of nitrogens with zero attached hydrogens (tertiary/aromatic N) is 2. The molecule has 6 heteroatoms. The number of furan rings is 1. The Morgan fingerprint density at radius 1 is 1.27 bits per heavy atom. The summed E-state index contributed by atoms with van der Waals surface area (Å²) in [5.41, 5.74) is 0.955. The Morgan fingerprint density at radius 3 is 2.65 bits per heavy atom. The van der Waals surface area contributed by atoms with Crippen LogP contribution in [0.3, 0.4) is 0 Å². The monoisotopic (exact) mass is 470 g/mol. The highest BCUT2D eigenvalue weighted by Gasteiger charge is 2.21. The van der Waals surface area contributed by atoms with Crippen molar-refractivity contribution in [2.24, 2.45) is 4.99 Å². The van der Waals surface area contributed by atoms with Gasteiger partial charge in [0.25, 0.3) is 0 Å². The Balaban J connectivity index is 0.00000243. The van der Waals surface area contributed by atoms with Crippen LogP contribution in [-0.2, 0) is 6.42 Å². The van der Waals surface area contributed by atoms with Crippen LogP contribution in [0.2, 0.25) is 0 Å². The normalized spacial score (nSPS) is 16.7. The molecule has 1 aromatic heterocycles. The van der Waals surface area contributed by atoms with Gasteiger partial charge in [-0.2, -0.15) is 0 Å². The lowest BCUT2D eigenvalue weighted by atomic mass is 10.0. The number of likely N-dealkylation sites (tertiary alicyclic amines) is 1. The minimum atomic E-state index is 0. The molecule has 144 valence electrons. The number of hydrogen-bond donors (Lipinski definition) is 2. The van der Waals surface area contributed by atoms with Gasteiger partial charge >= 0.3 is 0 Å². The summed E-state index contributed by atoms with van der Waals surface area (Å²) in [5.74, 6) is 1.90. The minimum absolute atomic E-state index is 0. The third kappa shape index (κ3) is 5.61. The fourth-order valence-corrected chi connectivity index (χ4v) is 3.41. The Morgan fingerprint density at radius 2 is 2.00 bits per heavy atom. The summed E-state index contributed by atoms with van der Waals surface area (Å²) in [6.45, 7) is 7.67. The maximum absolute atomic E-state index is 5.86. The summed E-state index contributed by atoms with van der Waals surface area (Å²) < 4.78 is 5.86. The van der Waals surface area contributed by atoms with Crippen molar-refractivity contribution < 1.29 is 4.42 Å². The van der Waals surface area contributed by atoms with Crippen LogP contribution in [0.25, 0.3) is 11.0 Å². The van der Waals surface area contributed by atoms with E-state index in [1.807, 2.05) is 25.2 Å². The van der Waals surface area contributed by atoms with E-state index < -0.39 is 0 Å². The van der Waals surface area contributed by atoms with Crippen molar-refractivity contribution in [3.8, 4) is 0 Å². The molecule has 1 fully saturated rings. The van der Waals surface area contributed by atoms with E-state index in [4.69, 9.17) is 4.42 Å². The second kappa shape index (κ2) is 10.2. The molecule has 0 amide bonds. The van der Waals surface area contributed by atoms with Crippen molar-refractivity contribution in [3.63, 3.8) is 0 Å². The number of guanidine groups is 1.